The molecule has 0 fully saturated rings. The second-order valence-electron chi connectivity index (χ2n) is 5.95. The first-order valence-corrected chi connectivity index (χ1v) is 9.51. The van der Waals surface area contributed by atoms with Crippen molar-refractivity contribution in [3.05, 3.63) is 75.6 Å². The van der Waals surface area contributed by atoms with Gasteiger partial charge in [0.1, 0.15) is 5.75 Å². The van der Waals surface area contributed by atoms with Gasteiger partial charge in [0.15, 0.2) is 4.80 Å². The highest BCUT2D eigenvalue weighted by atomic mass is 32.1. The molecule has 1 aromatic heterocycles. The minimum absolute atomic E-state index is 0.00428. The number of nitrogens with zero attached hydrogens (tertiary/aromatic N) is 3. The van der Waals surface area contributed by atoms with Crippen molar-refractivity contribution >= 4 is 33.1 Å². The third-order valence-electron chi connectivity index (χ3n) is 4.00. The van der Waals surface area contributed by atoms with Crippen LogP contribution in [0.25, 0.3) is 10.2 Å². The first kappa shape index (κ1) is 19.5. The van der Waals surface area contributed by atoms with Crippen molar-refractivity contribution in [2.45, 2.75) is 19.9 Å². The Morgan fingerprint density at radius 2 is 2.07 bits per heavy atom. The van der Waals surface area contributed by atoms with Gasteiger partial charge in [0, 0.05) is 18.7 Å². The lowest BCUT2D eigenvalue weighted by Gasteiger charge is -2.03. The highest BCUT2D eigenvalue weighted by Gasteiger charge is 2.12. The molecule has 0 spiro atoms. The van der Waals surface area contributed by atoms with Crippen LogP contribution in [0.3, 0.4) is 0 Å². The van der Waals surface area contributed by atoms with Gasteiger partial charge < -0.3 is 9.30 Å². The molecule has 1 amide bonds. The van der Waals surface area contributed by atoms with E-state index in [1.54, 1.807) is 16.7 Å². The molecule has 0 aliphatic rings. The number of thiazole rings is 1. The summed E-state index contributed by atoms with van der Waals surface area (Å²) in [5.41, 5.74) is 1.49. The molecular formula is C20H19N3O4S. The SMILES string of the molecule is C=CCn1c(=NC(=O)Cc2ccc(OCC)cc2)sc2ccc([N+](=O)[O-])cc21. The van der Waals surface area contributed by atoms with Crippen LogP contribution >= 0.6 is 11.3 Å². The van der Waals surface area contributed by atoms with Crippen molar-refractivity contribution < 1.29 is 14.5 Å². The number of benzene rings is 2. The summed E-state index contributed by atoms with van der Waals surface area (Å²) in [7, 11) is 0. The van der Waals surface area contributed by atoms with Crippen molar-refractivity contribution in [3.8, 4) is 5.75 Å². The van der Waals surface area contributed by atoms with E-state index in [1.807, 2.05) is 31.2 Å². The lowest BCUT2D eigenvalue weighted by Crippen LogP contribution is -2.17. The number of fused-ring (bicyclic) bond motifs is 1. The summed E-state index contributed by atoms with van der Waals surface area (Å²) in [6.07, 6.45) is 1.83. The van der Waals surface area contributed by atoms with Crippen LogP contribution in [-0.4, -0.2) is 22.0 Å². The van der Waals surface area contributed by atoms with Crippen molar-refractivity contribution in [3.63, 3.8) is 0 Å². The number of rotatable bonds is 7. The monoisotopic (exact) mass is 397 g/mol. The number of carbonyl (C=O) groups is 1. The zero-order valence-electron chi connectivity index (χ0n) is 15.3. The highest BCUT2D eigenvalue weighted by molar-refractivity contribution is 7.16. The quantitative estimate of drug-likeness (QED) is 0.344. The van der Waals surface area contributed by atoms with Crippen molar-refractivity contribution in [2.24, 2.45) is 4.99 Å². The van der Waals surface area contributed by atoms with E-state index in [0.29, 0.717) is 23.5 Å². The number of nitro benzene ring substituents is 1. The fourth-order valence-electron chi connectivity index (χ4n) is 2.75. The molecule has 3 rings (SSSR count). The maximum Gasteiger partial charge on any atom is 0.271 e. The zero-order valence-corrected chi connectivity index (χ0v) is 16.1. The van der Waals surface area contributed by atoms with E-state index in [9.17, 15) is 14.9 Å². The Morgan fingerprint density at radius 1 is 1.32 bits per heavy atom. The van der Waals surface area contributed by atoms with Gasteiger partial charge in [-0.15, -0.1) is 6.58 Å². The Bertz CT molecular complexity index is 1100. The van der Waals surface area contributed by atoms with Gasteiger partial charge >= 0.3 is 0 Å². The van der Waals surface area contributed by atoms with Gasteiger partial charge in [-0.25, -0.2) is 0 Å². The number of allylic oxidation sites excluding steroid dienone is 1. The van der Waals surface area contributed by atoms with E-state index in [4.69, 9.17) is 4.74 Å². The van der Waals surface area contributed by atoms with E-state index in [0.717, 1.165) is 16.0 Å². The smallest absolute Gasteiger partial charge is 0.271 e. The molecule has 0 atom stereocenters. The molecule has 2 aromatic carbocycles. The molecule has 1 heterocycles. The van der Waals surface area contributed by atoms with E-state index >= 15 is 0 Å². The summed E-state index contributed by atoms with van der Waals surface area (Å²) in [4.78, 5) is 27.8. The number of nitro groups is 1. The molecule has 0 N–H and O–H groups in total. The first-order chi connectivity index (χ1) is 13.5. The number of amides is 1. The fraction of sp³-hybridized carbons (Fsp3) is 0.200. The topological polar surface area (TPSA) is 86.7 Å². The summed E-state index contributed by atoms with van der Waals surface area (Å²) in [5.74, 6) is 0.466. The zero-order chi connectivity index (χ0) is 20.1. The molecule has 3 aromatic rings. The summed E-state index contributed by atoms with van der Waals surface area (Å²) >= 11 is 1.32. The number of ether oxygens (including phenoxy) is 1. The Labute approximate surface area is 165 Å². The number of hydrogen-bond donors (Lipinski definition) is 0. The van der Waals surface area contributed by atoms with Crippen LogP contribution in [0.1, 0.15) is 12.5 Å². The third kappa shape index (κ3) is 4.34. The minimum atomic E-state index is -0.441. The molecule has 0 saturated carbocycles. The Hall–Kier alpha value is -3.26. The molecule has 0 radical (unpaired) electrons. The number of aromatic nitrogens is 1. The number of non-ortho nitro benzene ring substituents is 1. The van der Waals surface area contributed by atoms with E-state index in [-0.39, 0.29) is 18.0 Å². The van der Waals surface area contributed by atoms with Gasteiger partial charge in [-0.2, -0.15) is 4.99 Å². The van der Waals surface area contributed by atoms with E-state index < -0.39 is 4.92 Å². The molecule has 0 unspecified atom stereocenters. The van der Waals surface area contributed by atoms with Crippen molar-refractivity contribution in [2.75, 3.05) is 6.61 Å². The van der Waals surface area contributed by atoms with Gasteiger partial charge in [-0.3, -0.25) is 14.9 Å². The maximum atomic E-state index is 12.5. The largest absolute Gasteiger partial charge is 0.494 e. The molecular weight excluding hydrogens is 378 g/mol. The van der Waals surface area contributed by atoms with Crippen LogP contribution in [0.2, 0.25) is 0 Å². The van der Waals surface area contributed by atoms with Crippen LogP contribution in [0.15, 0.2) is 60.1 Å². The molecule has 0 bridgehead atoms. The Kier molecular flexibility index (Phi) is 6.00. The van der Waals surface area contributed by atoms with Crippen LogP contribution in [-0.2, 0) is 17.8 Å². The average molecular weight is 397 g/mol. The van der Waals surface area contributed by atoms with Crippen LogP contribution in [0, 0.1) is 10.1 Å². The van der Waals surface area contributed by atoms with Crippen LogP contribution in [0.4, 0.5) is 5.69 Å². The third-order valence-corrected chi connectivity index (χ3v) is 5.06. The molecule has 7 nitrogen and oxygen atoms in total. The predicted octanol–water partition coefficient (Wildman–Crippen LogP) is 3.87. The molecule has 144 valence electrons. The normalized spacial score (nSPS) is 11.5. The van der Waals surface area contributed by atoms with Gasteiger partial charge in [-0.1, -0.05) is 29.5 Å². The van der Waals surface area contributed by atoms with Gasteiger partial charge in [0.05, 0.1) is 28.2 Å². The van der Waals surface area contributed by atoms with Crippen LogP contribution < -0.4 is 9.54 Å². The van der Waals surface area contributed by atoms with Crippen LogP contribution in [0.5, 0.6) is 5.75 Å². The van der Waals surface area contributed by atoms with Gasteiger partial charge in [-0.05, 0) is 30.7 Å². The minimum Gasteiger partial charge on any atom is -0.494 e. The highest BCUT2D eigenvalue weighted by Crippen LogP contribution is 2.23. The average Bonchev–Trinajstić information content (AvgIpc) is 3.00. The summed E-state index contributed by atoms with van der Waals surface area (Å²) < 4.78 is 7.98. The Morgan fingerprint density at radius 3 is 2.71 bits per heavy atom. The molecule has 0 saturated heterocycles. The van der Waals surface area contributed by atoms with Crippen molar-refractivity contribution in [1.29, 1.82) is 0 Å². The molecule has 8 heteroatoms. The van der Waals surface area contributed by atoms with E-state index in [1.165, 1.54) is 23.5 Å². The number of carbonyl (C=O) groups excluding carboxylic acids is 1. The standard InChI is InChI=1S/C20H19N3O4S/c1-3-11-22-17-13-15(23(25)26)7-10-18(17)28-20(22)21-19(24)12-14-5-8-16(9-6-14)27-4-2/h3,5-10,13H,1,4,11-12H2,2H3. The second kappa shape index (κ2) is 8.62. The first-order valence-electron chi connectivity index (χ1n) is 8.69. The Balaban J connectivity index is 1.93. The maximum absolute atomic E-state index is 12.5. The molecule has 0 aliphatic heterocycles. The lowest BCUT2D eigenvalue weighted by molar-refractivity contribution is -0.384. The summed E-state index contributed by atoms with van der Waals surface area (Å²) in [6.45, 7) is 6.62. The molecule has 0 aliphatic carbocycles. The molecule has 28 heavy (non-hydrogen) atoms. The van der Waals surface area contributed by atoms with E-state index in [2.05, 4.69) is 11.6 Å². The lowest BCUT2D eigenvalue weighted by atomic mass is 10.1. The van der Waals surface area contributed by atoms with Crippen molar-refractivity contribution in [1.82, 2.24) is 4.57 Å². The predicted molar refractivity (Wildman–Crippen MR) is 109 cm³/mol. The summed E-state index contributed by atoms with van der Waals surface area (Å²) in [6, 6.07) is 11.9. The second-order valence-corrected chi connectivity index (χ2v) is 6.96. The summed E-state index contributed by atoms with van der Waals surface area (Å²) in [5, 5.41) is 11.1. The van der Waals surface area contributed by atoms with Gasteiger partial charge in [0.2, 0.25) is 0 Å². The fourth-order valence-corrected chi connectivity index (χ4v) is 3.79. The number of hydrogen-bond acceptors (Lipinski definition) is 5. The van der Waals surface area contributed by atoms with Gasteiger partial charge in [0.25, 0.3) is 11.6 Å².